The molecule has 10 heteroatoms. The molecule has 0 saturated carbocycles. The molecule has 2 aromatic carbocycles. The van der Waals surface area contributed by atoms with Crippen LogP contribution in [0.1, 0.15) is 31.9 Å². The zero-order chi connectivity index (χ0) is 23.7. The van der Waals surface area contributed by atoms with E-state index in [2.05, 4.69) is 26.6 Å². The van der Waals surface area contributed by atoms with Crippen LogP contribution in [0.3, 0.4) is 0 Å². The first kappa shape index (κ1) is 24.1. The molecular formula is C22H21BrF3N3O2S. The summed E-state index contributed by atoms with van der Waals surface area (Å²) in [6, 6.07) is 10.1. The molecule has 0 unspecified atom stereocenters. The molecule has 170 valence electrons. The highest BCUT2D eigenvalue weighted by Gasteiger charge is 2.30. The van der Waals surface area contributed by atoms with Crippen LogP contribution in [-0.2, 0) is 17.5 Å². The summed E-state index contributed by atoms with van der Waals surface area (Å²) >= 11 is 8.71. The van der Waals surface area contributed by atoms with Crippen LogP contribution in [0.2, 0.25) is 0 Å². The number of carbonyl (C=O) groups excluding carboxylic acids is 1. The summed E-state index contributed by atoms with van der Waals surface area (Å²) in [5.41, 5.74) is 0.524. The standard InChI is InChI=1S/C22H21BrF3N3O2S/c1-21(2,3)31-20(30)29-12-13(17-10-15(23)6-9-18(17)29)11-27-19(32)28-16-7-4-14(5-8-16)22(24,25)26/h4-10,12H,11H2,1-3H3,(H2,27,28,32). The number of rotatable bonds is 3. The maximum atomic E-state index is 12.7. The van der Waals surface area contributed by atoms with Gasteiger partial charge in [-0.1, -0.05) is 15.9 Å². The lowest BCUT2D eigenvalue weighted by atomic mass is 10.2. The van der Waals surface area contributed by atoms with E-state index in [1.54, 1.807) is 27.0 Å². The molecule has 5 nitrogen and oxygen atoms in total. The number of halogens is 4. The quantitative estimate of drug-likeness (QED) is 0.371. The van der Waals surface area contributed by atoms with E-state index in [1.807, 2.05) is 18.2 Å². The lowest BCUT2D eigenvalue weighted by molar-refractivity contribution is -0.137. The fourth-order valence-corrected chi connectivity index (χ4v) is 3.52. The third kappa shape index (κ3) is 6.01. The Morgan fingerprint density at radius 1 is 1.12 bits per heavy atom. The molecular weight excluding hydrogens is 507 g/mol. The van der Waals surface area contributed by atoms with Crippen LogP contribution in [0.25, 0.3) is 10.9 Å². The Balaban J connectivity index is 1.75. The van der Waals surface area contributed by atoms with Gasteiger partial charge in [-0.25, -0.2) is 4.79 Å². The van der Waals surface area contributed by atoms with Crippen LogP contribution in [-0.4, -0.2) is 21.4 Å². The molecule has 0 atom stereocenters. The normalized spacial score (nSPS) is 12.0. The fraction of sp³-hybridized carbons (Fsp3) is 0.273. The van der Waals surface area contributed by atoms with Crippen molar-refractivity contribution in [1.82, 2.24) is 9.88 Å². The summed E-state index contributed by atoms with van der Waals surface area (Å²) in [5, 5.41) is 6.94. The largest absolute Gasteiger partial charge is 0.443 e. The highest BCUT2D eigenvalue weighted by atomic mass is 79.9. The van der Waals surface area contributed by atoms with Gasteiger partial charge in [0.05, 0.1) is 11.1 Å². The predicted molar refractivity (Wildman–Crippen MR) is 126 cm³/mol. The number of thiocarbonyl (C=S) groups is 1. The van der Waals surface area contributed by atoms with Gasteiger partial charge in [0.1, 0.15) is 5.60 Å². The van der Waals surface area contributed by atoms with Gasteiger partial charge in [-0.3, -0.25) is 4.57 Å². The maximum Gasteiger partial charge on any atom is 0.419 e. The SMILES string of the molecule is CC(C)(C)OC(=O)n1cc(CNC(=S)Nc2ccc(C(F)(F)F)cc2)c2cc(Br)ccc21. The van der Waals surface area contributed by atoms with Crippen LogP contribution in [0.5, 0.6) is 0 Å². The lowest BCUT2D eigenvalue weighted by Crippen LogP contribution is -2.28. The number of hydrogen-bond acceptors (Lipinski definition) is 3. The van der Waals surface area contributed by atoms with Gasteiger partial charge in [-0.2, -0.15) is 13.2 Å². The fourth-order valence-electron chi connectivity index (χ4n) is 2.97. The number of hydrogen-bond donors (Lipinski definition) is 2. The Morgan fingerprint density at radius 3 is 2.38 bits per heavy atom. The second-order valence-corrected chi connectivity index (χ2v) is 9.37. The molecule has 0 spiro atoms. The van der Waals surface area contributed by atoms with E-state index in [-0.39, 0.29) is 11.7 Å². The van der Waals surface area contributed by atoms with Gasteiger partial charge >= 0.3 is 12.3 Å². The molecule has 3 aromatic rings. The third-order valence-corrected chi connectivity index (χ3v) is 5.09. The van der Waals surface area contributed by atoms with Crippen LogP contribution < -0.4 is 10.6 Å². The second kappa shape index (κ2) is 9.11. The van der Waals surface area contributed by atoms with E-state index in [0.29, 0.717) is 11.2 Å². The van der Waals surface area contributed by atoms with Gasteiger partial charge in [0.2, 0.25) is 0 Å². The number of aromatic nitrogens is 1. The van der Waals surface area contributed by atoms with E-state index in [9.17, 15) is 18.0 Å². The van der Waals surface area contributed by atoms with Crippen LogP contribution in [0.4, 0.5) is 23.7 Å². The summed E-state index contributed by atoms with van der Waals surface area (Å²) in [5.74, 6) is 0. The molecule has 0 aliphatic carbocycles. The van der Waals surface area contributed by atoms with Crippen molar-refractivity contribution in [3.63, 3.8) is 0 Å². The molecule has 0 saturated heterocycles. The van der Waals surface area contributed by atoms with Gasteiger partial charge in [-0.05, 0) is 81.0 Å². The zero-order valence-corrected chi connectivity index (χ0v) is 19.9. The highest BCUT2D eigenvalue weighted by Crippen LogP contribution is 2.30. The van der Waals surface area contributed by atoms with Crippen molar-refractivity contribution in [2.24, 2.45) is 0 Å². The van der Waals surface area contributed by atoms with Crippen molar-refractivity contribution in [1.29, 1.82) is 0 Å². The molecule has 3 rings (SSSR count). The average Bonchev–Trinajstić information content (AvgIpc) is 3.03. The first-order chi connectivity index (χ1) is 14.8. The van der Waals surface area contributed by atoms with Crippen LogP contribution in [0, 0.1) is 0 Å². The molecule has 1 aromatic heterocycles. The number of fused-ring (bicyclic) bond motifs is 1. The van der Waals surface area contributed by atoms with Gasteiger partial charge in [0.25, 0.3) is 0 Å². The monoisotopic (exact) mass is 527 g/mol. The molecule has 0 amide bonds. The predicted octanol–water partition coefficient (Wildman–Crippen LogP) is 6.69. The van der Waals surface area contributed by atoms with Crippen molar-refractivity contribution >= 4 is 55.9 Å². The zero-order valence-electron chi connectivity index (χ0n) is 17.5. The Kier molecular flexibility index (Phi) is 6.85. The minimum atomic E-state index is -4.39. The van der Waals surface area contributed by atoms with Crippen molar-refractivity contribution in [2.45, 2.75) is 39.1 Å². The Hall–Kier alpha value is -2.59. The molecule has 0 bridgehead atoms. The van der Waals surface area contributed by atoms with Crippen LogP contribution in [0.15, 0.2) is 53.1 Å². The van der Waals surface area contributed by atoms with Gasteiger partial charge < -0.3 is 15.4 Å². The lowest BCUT2D eigenvalue weighted by Gasteiger charge is -2.19. The van der Waals surface area contributed by atoms with Gasteiger partial charge in [-0.15, -0.1) is 0 Å². The average molecular weight is 528 g/mol. The Bertz CT molecular complexity index is 1150. The van der Waals surface area contributed by atoms with E-state index in [4.69, 9.17) is 17.0 Å². The second-order valence-electron chi connectivity index (χ2n) is 8.05. The highest BCUT2D eigenvalue weighted by molar-refractivity contribution is 9.10. The number of ether oxygens (including phenoxy) is 1. The summed E-state index contributed by atoms with van der Waals surface area (Å²) in [6.07, 6.45) is -3.21. The number of nitrogens with zero attached hydrogens (tertiary/aromatic N) is 1. The first-order valence-electron chi connectivity index (χ1n) is 9.58. The first-order valence-corrected chi connectivity index (χ1v) is 10.8. The van der Waals surface area contributed by atoms with Crippen molar-refractivity contribution < 1.29 is 22.7 Å². The number of carbonyl (C=O) groups is 1. The van der Waals surface area contributed by atoms with Gasteiger partial charge in [0.15, 0.2) is 5.11 Å². The number of anilines is 1. The van der Waals surface area contributed by atoms with E-state index in [1.165, 1.54) is 16.7 Å². The number of alkyl halides is 3. The van der Waals surface area contributed by atoms with Crippen molar-refractivity contribution in [3.8, 4) is 0 Å². The number of nitrogens with one attached hydrogen (secondary N) is 2. The molecule has 0 aliphatic heterocycles. The summed E-state index contributed by atoms with van der Waals surface area (Å²) < 4.78 is 45.9. The van der Waals surface area contributed by atoms with Crippen molar-refractivity contribution in [2.75, 3.05) is 5.32 Å². The molecule has 1 heterocycles. The van der Waals surface area contributed by atoms with Crippen LogP contribution >= 0.6 is 28.1 Å². The topological polar surface area (TPSA) is 55.3 Å². The van der Waals surface area contributed by atoms with Gasteiger partial charge in [0, 0.05) is 28.3 Å². The summed E-state index contributed by atoms with van der Waals surface area (Å²) in [6.45, 7) is 5.66. The molecule has 0 aliphatic rings. The third-order valence-electron chi connectivity index (χ3n) is 4.35. The maximum absolute atomic E-state index is 12.7. The van der Waals surface area contributed by atoms with Crippen molar-refractivity contribution in [3.05, 3.63) is 64.3 Å². The van der Waals surface area contributed by atoms with E-state index >= 15 is 0 Å². The summed E-state index contributed by atoms with van der Waals surface area (Å²) in [4.78, 5) is 12.6. The summed E-state index contributed by atoms with van der Waals surface area (Å²) in [7, 11) is 0. The molecule has 32 heavy (non-hydrogen) atoms. The molecule has 2 N–H and O–H groups in total. The number of benzene rings is 2. The Morgan fingerprint density at radius 2 is 1.78 bits per heavy atom. The Labute approximate surface area is 197 Å². The van der Waals surface area contributed by atoms with E-state index < -0.39 is 23.4 Å². The minimum Gasteiger partial charge on any atom is -0.443 e. The minimum absolute atomic E-state index is 0.234. The smallest absolute Gasteiger partial charge is 0.419 e. The molecule has 0 fully saturated rings. The molecule has 0 radical (unpaired) electrons. The van der Waals surface area contributed by atoms with E-state index in [0.717, 1.165) is 27.6 Å².